The second kappa shape index (κ2) is 4.23. The molecule has 0 atom stereocenters. The van der Waals surface area contributed by atoms with Gasteiger partial charge in [0.1, 0.15) is 0 Å². The van der Waals surface area contributed by atoms with Crippen molar-refractivity contribution in [3.8, 4) is 0 Å². The summed E-state index contributed by atoms with van der Waals surface area (Å²) in [6, 6.07) is 2.40. The van der Waals surface area contributed by atoms with E-state index in [1.165, 1.54) is 0 Å². The Balaban J connectivity index is 2.05. The molecule has 2 N–H and O–H groups in total. The fourth-order valence-electron chi connectivity index (χ4n) is 2.66. The van der Waals surface area contributed by atoms with Gasteiger partial charge in [-0.2, -0.15) is 0 Å². The van der Waals surface area contributed by atoms with Crippen LogP contribution in [0.25, 0.3) is 11.0 Å². The summed E-state index contributed by atoms with van der Waals surface area (Å²) in [7, 11) is 0. The van der Waals surface area contributed by atoms with E-state index in [1.54, 1.807) is 12.4 Å². The van der Waals surface area contributed by atoms with Crippen molar-refractivity contribution in [2.45, 2.75) is 37.8 Å². The first kappa shape index (κ1) is 10.9. The van der Waals surface area contributed by atoms with E-state index in [2.05, 4.69) is 14.5 Å². The summed E-state index contributed by atoms with van der Waals surface area (Å²) >= 11 is 5.38. The van der Waals surface area contributed by atoms with E-state index in [1.807, 2.05) is 6.07 Å². The molecule has 2 heterocycles. The molecule has 0 saturated heterocycles. The third kappa shape index (κ3) is 1.89. The van der Waals surface area contributed by atoms with Crippen LogP contribution in [0.1, 0.15) is 31.7 Å². The number of aliphatic hydroxyl groups is 1. The van der Waals surface area contributed by atoms with Gasteiger partial charge in [-0.1, -0.05) is 0 Å². The molecule has 1 fully saturated rings. The van der Waals surface area contributed by atoms with E-state index in [9.17, 15) is 5.11 Å². The lowest BCUT2D eigenvalue weighted by atomic mass is 9.93. The fraction of sp³-hybridized carbons (Fsp3) is 0.500. The van der Waals surface area contributed by atoms with Crippen molar-refractivity contribution < 1.29 is 5.11 Å². The van der Waals surface area contributed by atoms with Crippen LogP contribution in [0.3, 0.4) is 0 Å². The number of fused-ring (bicyclic) bond motifs is 1. The van der Waals surface area contributed by atoms with Gasteiger partial charge >= 0.3 is 0 Å². The van der Waals surface area contributed by atoms with Crippen molar-refractivity contribution in [1.82, 2.24) is 14.5 Å². The van der Waals surface area contributed by atoms with Crippen molar-refractivity contribution in [3.05, 3.63) is 23.2 Å². The molecule has 1 aliphatic carbocycles. The molecule has 0 amide bonds. The molecule has 90 valence electrons. The Hall–Kier alpha value is -1.20. The predicted octanol–water partition coefficient (Wildman–Crippen LogP) is 2.57. The van der Waals surface area contributed by atoms with Crippen molar-refractivity contribution >= 4 is 23.3 Å². The Bertz CT molecular complexity index is 581. The topological polar surface area (TPSA) is 53.8 Å². The Morgan fingerprint density at radius 1 is 1.35 bits per heavy atom. The van der Waals surface area contributed by atoms with Gasteiger partial charge in [-0.25, -0.2) is 0 Å². The highest BCUT2D eigenvalue weighted by Gasteiger charge is 2.22. The number of hydrogen-bond donors (Lipinski definition) is 2. The van der Waals surface area contributed by atoms with Crippen molar-refractivity contribution in [1.29, 1.82) is 0 Å². The highest BCUT2D eigenvalue weighted by molar-refractivity contribution is 7.71. The van der Waals surface area contributed by atoms with Gasteiger partial charge in [0.15, 0.2) is 4.77 Å². The van der Waals surface area contributed by atoms with Gasteiger partial charge in [0.2, 0.25) is 0 Å². The number of H-pyrrole nitrogens is 1. The first-order chi connectivity index (χ1) is 8.25. The number of aromatic nitrogens is 3. The van der Waals surface area contributed by atoms with Gasteiger partial charge in [-0.15, -0.1) is 0 Å². The molecule has 2 aromatic rings. The Morgan fingerprint density at radius 3 is 2.88 bits per heavy atom. The van der Waals surface area contributed by atoms with Crippen molar-refractivity contribution in [3.63, 3.8) is 0 Å². The zero-order chi connectivity index (χ0) is 11.8. The van der Waals surface area contributed by atoms with Gasteiger partial charge in [-0.05, 0) is 44.0 Å². The SMILES string of the molecule is OC1CCC(n2c(=S)[nH]c3cnccc32)CC1. The van der Waals surface area contributed by atoms with E-state index in [4.69, 9.17) is 12.2 Å². The largest absolute Gasteiger partial charge is 0.393 e. The second-order valence-electron chi connectivity index (χ2n) is 4.66. The van der Waals surface area contributed by atoms with Gasteiger partial charge in [-0.3, -0.25) is 4.98 Å². The summed E-state index contributed by atoms with van der Waals surface area (Å²) in [5.74, 6) is 0. The summed E-state index contributed by atoms with van der Waals surface area (Å²) in [5.41, 5.74) is 2.11. The van der Waals surface area contributed by atoms with Crippen molar-refractivity contribution in [2.75, 3.05) is 0 Å². The number of rotatable bonds is 1. The molecular formula is C12H15N3OS. The number of aromatic amines is 1. The molecule has 2 aromatic heterocycles. The monoisotopic (exact) mass is 249 g/mol. The Labute approximate surface area is 104 Å². The summed E-state index contributed by atoms with van der Waals surface area (Å²) in [4.78, 5) is 7.28. The van der Waals surface area contributed by atoms with Crippen LogP contribution in [-0.4, -0.2) is 25.7 Å². The smallest absolute Gasteiger partial charge is 0.178 e. The van der Waals surface area contributed by atoms with Crippen LogP contribution >= 0.6 is 12.2 Å². The number of aliphatic hydroxyl groups excluding tert-OH is 1. The molecular weight excluding hydrogens is 234 g/mol. The molecule has 1 saturated carbocycles. The maximum Gasteiger partial charge on any atom is 0.178 e. The lowest BCUT2D eigenvalue weighted by molar-refractivity contribution is 0.111. The van der Waals surface area contributed by atoms with Crippen LogP contribution in [0.15, 0.2) is 18.5 Å². The van der Waals surface area contributed by atoms with E-state index >= 15 is 0 Å². The lowest BCUT2D eigenvalue weighted by Gasteiger charge is -2.26. The number of imidazole rings is 1. The van der Waals surface area contributed by atoms with Crippen LogP contribution in [-0.2, 0) is 0 Å². The van der Waals surface area contributed by atoms with Gasteiger partial charge in [0, 0.05) is 12.2 Å². The van der Waals surface area contributed by atoms with E-state index in [0.29, 0.717) is 6.04 Å². The summed E-state index contributed by atoms with van der Waals surface area (Å²) < 4.78 is 2.94. The molecule has 0 aliphatic heterocycles. The van der Waals surface area contributed by atoms with Crippen LogP contribution in [0, 0.1) is 4.77 Å². The fourth-order valence-corrected chi connectivity index (χ4v) is 3.01. The van der Waals surface area contributed by atoms with E-state index in [0.717, 1.165) is 41.5 Å². The molecule has 0 unspecified atom stereocenters. The second-order valence-corrected chi connectivity index (χ2v) is 5.04. The van der Waals surface area contributed by atoms with Gasteiger partial charge in [0.25, 0.3) is 0 Å². The third-order valence-corrected chi connectivity index (χ3v) is 3.85. The van der Waals surface area contributed by atoms with Crippen LogP contribution in [0.5, 0.6) is 0 Å². The summed E-state index contributed by atoms with van der Waals surface area (Å²) in [6.45, 7) is 0. The highest BCUT2D eigenvalue weighted by Crippen LogP contribution is 2.31. The average Bonchev–Trinajstić information content (AvgIpc) is 2.66. The molecule has 0 spiro atoms. The highest BCUT2D eigenvalue weighted by atomic mass is 32.1. The average molecular weight is 249 g/mol. The minimum absolute atomic E-state index is 0.132. The molecule has 5 heteroatoms. The molecule has 0 aromatic carbocycles. The van der Waals surface area contributed by atoms with Gasteiger partial charge < -0.3 is 14.7 Å². The first-order valence-corrected chi connectivity index (χ1v) is 6.39. The number of pyridine rings is 1. The molecule has 1 aliphatic rings. The van der Waals surface area contributed by atoms with Crippen LogP contribution < -0.4 is 0 Å². The lowest BCUT2D eigenvalue weighted by Crippen LogP contribution is -2.21. The normalized spacial score (nSPS) is 25.2. The summed E-state index contributed by atoms with van der Waals surface area (Å²) in [6.07, 6.45) is 7.18. The standard InChI is InChI=1S/C12H15N3OS/c16-9-3-1-8(2-4-9)15-11-5-6-13-7-10(11)14-12(15)17/h5-9,16H,1-4H2,(H,14,17). The Kier molecular flexibility index (Phi) is 2.72. The zero-order valence-electron chi connectivity index (χ0n) is 9.47. The van der Waals surface area contributed by atoms with Crippen LogP contribution in [0.4, 0.5) is 0 Å². The number of nitrogens with one attached hydrogen (secondary N) is 1. The molecule has 3 rings (SSSR count). The van der Waals surface area contributed by atoms with E-state index < -0.39 is 0 Å². The summed E-state index contributed by atoms with van der Waals surface area (Å²) in [5, 5.41) is 9.55. The molecule has 0 bridgehead atoms. The van der Waals surface area contributed by atoms with E-state index in [-0.39, 0.29) is 6.10 Å². The molecule has 0 radical (unpaired) electrons. The zero-order valence-corrected chi connectivity index (χ0v) is 10.3. The molecule has 4 nitrogen and oxygen atoms in total. The maximum atomic E-state index is 9.55. The number of nitrogens with zero attached hydrogens (tertiary/aromatic N) is 2. The van der Waals surface area contributed by atoms with Gasteiger partial charge in [0.05, 0.1) is 23.3 Å². The Morgan fingerprint density at radius 2 is 2.12 bits per heavy atom. The minimum atomic E-state index is -0.132. The predicted molar refractivity (Wildman–Crippen MR) is 68.4 cm³/mol. The molecule has 17 heavy (non-hydrogen) atoms. The maximum absolute atomic E-state index is 9.55. The number of hydrogen-bond acceptors (Lipinski definition) is 3. The van der Waals surface area contributed by atoms with Crippen molar-refractivity contribution in [2.24, 2.45) is 0 Å². The third-order valence-electron chi connectivity index (χ3n) is 3.55. The van der Waals surface area contributed by atoms with Crippen LogP contribution in [0.2, 0.25) is 0 Å². The first-order valence-electron chi connectivity index (χ1n) is 5.98. The quantitative estimate of drug-likeness (QED) is 0.764. The minimum Gasteiger partial charge on any atom is -0.393 e.